The largest absolute Gasteiger partial charge is 0.397 e. The summed E-state index contributed by atoms with van der Waals surface area (Å²) in [6.07, 6.45) is 3.14. The third-order valence-corrected chi connectivity index (χ3v) is 4.70. The van der Waals surface area contributed by atoms with E-state index in [2.05, 4.69) is 0 Å². The van der Waals surface area contributed by atoms with Crippen LogP contribution in [0.25, 0.3) is 0 Å². The maximum atomic E-state index is 12.8. The van der Waals surface area contributed by atoms with E-state index in [0.29, 0.717) is 24.1 Å². The lowest BCUT2D eigenvalue weighted by Gasteiger charge is -2.37. The Morgan fingerprint density at radius 2 is 1.90 bits per heavy atom. The molecule has 2 bridgehead atoms. The standard InChI is InChI=1S/C16H23N3O2/c1-18(2)15-6-3-10(7-14(15)17)16(21)19-11-4-5-12(19)9-13(20)8-11/h3,6-7,11-13,20H,4-5,8-9,17H2,1-2H3. The van der Waals surface area contributed by atoms with Crippen LogP contribution >= 0.6 is 0 Å². The van der Waals surface area contributed by atoms with Crippen molar-refractivity contribution >= 4 is 17.3 Å². The Morgan fingerprint density at radius 3 is 2.43 bits per heavy atom. The number of carbonyl (C=O) groups excluding carboxylic acids is 1. The molecule has 1 amide bonds. The summed E-state index contributed by atoms with van der Waals surface area (Å²) in [5, 5.41) is 9.84. The van der Waals surface area contributed by atoms with Gasteiger partial charge >= 0.3 is 0 Å². The highest BCUT2D eigenvalue weighted by Crippen LogP contribution is 2.37. The van der Waals surface area contributed by atoms with Crippen LogP contribution in [0.4, 0.5) is 11.4 Å². The van der Waals surface area contributed by atoms with Crippen molar-refractivity contribution < 1.29 is 9.90 Å². The SMILES string of the molecule is CN(C)c1ccc(C(=O)N2C3CCC2CC(O)C3)cc1N. The second kappa shape index (κ2) is 5.22. The summed E-state index contributed by atoms with van der Waals surface area (Å²) >= 11 is 0. The highest BCUT2D eigenvalue weighted by molar-refractivity contribution is 5.96. The van der Waals surface area contributed by atoms with E-state index in [1.54, 1.807) is 6.07 Å². The van der Waals surface area contributed by atoms with E-state index < -0.39 is 0 Å². The second-order valence-corrected chi connectivity index (χ2v) is 6.39. The van der Waals surface area contributed by atoms with Crippen molar-refractivity contribution in [1.29, 1.82) is 0 Å². The molecule has 2 atom stereocenters. The van der Waals surface area contributed by atoms with Crippen LogP contribution in [0.3, 0.4) is 0 Å². The van der Waals surface area contributed by atoms with Gasteiger partial charge in [0.05, 0.1) is 17.5 Å². The van der Waals surface area contributed by atoms with Crippen LogP contribution < -0.4 is 10.6 Å². The Kier molecular flexibility index (Phi) is 3.53. The molecule has 5 heteroatoms. The molecule has 0 aliphatic carbocycles. The minimum atomic E-state index is -0.257. The summed E-state index contributed by atoms with van der Waals surface area (Å²) in [7, 11) is 3.86. The smallest absolute Gasteiger partial charge is 0.254 e. The third kappa shape index (κ3) is 2.46. The minimum Gasteiger partial charge on any atom is -0.397 e. The number of benzene rings is 1. The molecule has 1 aromatic rings. The van der Waals surface area contributed by atoms with Gasteiger partial charge in [0.25, 0.3) is 5.91 Å². The van der Waals surface area contributed by atoms with Gasteiger partial charge < -0.3 is 20.6 Å². The topological polar surface area (TPSA) is 69.8 Å². The van der Waals surface area contributed by atoms with Gasteiger partial charge in [-0.15, -0.1) is 0 Å². The number of aliphatic hydroxyl groups is 1. The molecule has 114 valence electrons. The van der Waals surface area contributed by atoms with E-state index in [0.717, 1.165) is 18.5 Å². The van der Waals surface area contributed by atoms with Crippen molar-refractivity contribution in [2.24, 2.45) is 0 Å². The summed E-state index contributed by atoms with van der Waals surface area (Å²) in [6, 6.07) is 5.87. The fraction of sp³-hybridized carbons (Fsp3) is 0.562. The molecule has 2 unspecified atom stereocenters. The van der Waals surface area contributed by atoms with Crippen molar-refractivity contribution in [3.05, 3.63) is 23.8 Å². The van der Waals surface area contributed by atoms with E-state index in [9.17, 15) is 9.90 Å². The predicted octanol–water partition coefficient (Wildman–Crippen LogP) is 1.46. The van der Waals surface area contributed by atoms with Gasteiger partial charge in [-0.3, -0.25) is 4.79 Å². The second-order valence-electron chi connectivity index (χ2n) is 6.39. The zero-order chi connectivity index (χ0) is 15.1. The molecule has 0 aromatic heterocycles. The Hall–Kier alpha value is -1.75. The molecule has 3 rings (SSSR count). The van der Waals surface area contributed by atoms with E-state index in [1.807, 2.05) is 36.0 Å². The Bertz CT molecular complexity index is 544. The number of fused-ring (bicyclic) bond motifs is 2. The zero-order valence-corrected chi connectivity index (χ0v) is 12.6. The number of hydrogen-bond donors (Lipinski definition) is 2. The predicted molar refractivity (Wildman–Crippen MR) is 83.4 cm³/mol. The number of rotatable bonds is 2. The molecular formula is C16H23N3O2. The number of anilines is 2. The molecule has 5 nitrogen and oxygen atoms in total. The van der Waals surface area contributed by atoms with Gasteiger partial charge in [-0.2, -0.15) is 0 Å². The molecule has 1 aromatic carbocycles. The van der Waals surface area contributed by atoms with Gasteiger partial charge in [0.15, 0.2) is 0 Å². The van der Waals surface area contributed by atoms with Gasteiger partial charge in [0.1, 0.15) is 0 Å². The van der Waals surface area contributed by atoms with Crippen LogP contribution in [-0.2, 0) is 0 Å². The molecule has 2 heterocycles. The lowest BCUT2D eigenvalue weighted by molar-refractivity contribution is 0.0287. The zero-order valence-electron chi connectivity index (χ0n) is 12.6. The monoisotopic (exact) mass is 289 g/mol. The van der Waals surface area contributed by atoms with Crippen molar-refractivity contribution in [1.82, 2.24) is 4.90 Å². The number of nitrogens with zero attached hydrogens (tertiary/aromatic N) is 2. The average molecular weight is 289 g/mol. The molecule has 3 N–H and O–H groups in total. The van der Waals surface area contributed by atoms with Gasteiger partial charge in [0, 0.05) is 31.7 Å². The normalized spacial score (nSPS) is 27.8. The summed E-state index contributed by atoms with van der Waals surface area (Å²) in [5.41, 5.74) is 8.23. The minimum absolute atomic E-state index is 0.0476. The molecule has 0 saturated carbocycles. The average Bonchev–Trinajstić information content (AvgIpc) is 2.69. The number of aliphatic hydroxyl groups excluding tert-OH is 1. The summed E-state index contributed by atoms with van der Waals surface area (Å²) in [4.78, 5) is 16.7. The van der Waals surface area contributed by atoms with Crippen molar-refractivity contribution in [3.63, 3.8) is 0 Å². The molecule has 2 aliphatic heterocycles. The number of carbonyl (C=O) groups is 1. The Labute approximate surface area is 125 Å². The number of nitrogens with two attached hydrogens (primary N) is 1. The van der Waals surface area contributed by atoms with Crippen LogP contribution in [0.5, 0.6) is 0 Å². The maximum Gasteiger partial charge on any atom is 0.254 e. The van der Waals surface area contributed by atoms with Crippen LogP contribution in [-0.4, -0.2) is 48.2 Å². The number of piperidine rings is 1. The lowest BCUT2D eigenvalue weighted by Crippen LogP contribution is -2.48. The van der Waals surface area contributed by atoms with Crippen LogP contribution in [0.15, 0.2) is 18.2 Å². The highest BCUT2D eigenvalue weighted by atomic mass is 16.3. The van der Waals surface area contributed by atoms with E-state index in [4.69, 9.17) is 5.73 Å². The maximum absolute atomic E-state index is 12.8. The van der Waals surface area contributed by atoms with Gasteiger partial charge in [-0.05, 0) is 43.9 Å². The fourth-order valence-electron chi connectivity index (χ4n) is 3.72. The van der Waals surface area contributed by atoms with Crippen LogP contribution in [0.2, 0.25) is 0 Å². The molecule has 21 heavy (non-hydrogen) atoms. The Balaban J connectivity index is 1.84. The number of amides is 1. The quantitative estimate of drug-likeness (QED) is 0.809. The number of hydrogen-bond acceptors (Lipinski definition) is 4. The van der Waals surface area contributed by atoms with Gasteiger partial charge in [0.2, 0.25) is 0 Å². The molecule has 2 aliphatic rings. The highest BCUT2D eigenvalue weighted by Gasteiger charge is 2.42. The summed E-state index contributed by atoms with van der Waals surface area (Å²) < 4.78 is 0. The molecule has 0 radical (unpaired) electrons. The van der Waals surface area contributed by atoms with Crippen molar-refractivity contribution in [2.75, 3.05) is 24.7 Å². The van der Waals surface area contributed by atoms with E-state index in [-0.39, 0.29) is 24.1 Å². The first-order valence-corrected chi connectivity index (χ1v) is 7.55. The molecule has 2 fully saturated rings. The van der Waals surface area contributed by atoms with Crippen LogP contribution in [0.1, 0.15) is 36.0 Å². The van der Waals surface area contributed by atoms with Gasteiger partial charge in [-0.1, -0.05) is 0 Å². The van der Waals surface area contributed by atoms with E-state index in [1.165, 1.54) is 0 Å². The van der Waals surface area contributed by atoms with Crippen LogP contribution in [0, 0.1) is 0 Å². The van der Waals surface area contributed by atoms with Crippen molar-refractivity contribution in [3.8, 4) is 0 Å². The third-order valence-electron chi connectivity index (χ3n) is 4.70. The molecular weight excluding hydrogens is 266 g/mol. The van der Waals surface area contributed by atoms with Gasteiger partial charge in [-0.25, -0.2) is 0 Å². The summed E-state index contributed by atoms with van der Waals surface area (Å²) in [5.74, 6) is 0.0476. The molecule has 2 saturated heterocycles. The Morgan fingerprint density at radius 1 is 1.29 bits per heavy atom. The summed E-state index contributed by atoms with van der Waals surface area (Å²) in [6.45, 7) is 0. The lowest BCUT2D eigenvalue weighted by atomic mass is 9.98. The van der Waals surface area contributed by atoms with E-state index >= 15 is 0 Å². The van der Waals surface area contributed by atoms with Crippen molar-refractivity contribution in [2.45, 2.75) is 43.9 Å². The fourth-order valence-corrected chi connectivity index (χ4v) is 3.72. The first kappa shape index (κ1) is 14.2. The first-order chi connectivity index (χ1) is 9.97. The first-order valence-electron chi connectivity index (χ1n) is 7.55. The molecule has 0 spiro atoms. The number of nitrogen functional groups attached to an aromatic ring is 1.